The molecule has 0 saturated carbocycles. The molecule has 1 aromatic heterocycles. The van der Waals surface area contributed by atoms with E-state index in [2.05, 4.69) is 0 Å². The molecule has 0 bridgehead atoms. The molecular weight excluding hydrogens is 462 g/mol. The molecule has 1 heterocycles. The second kappa shape index (κ2) is 10.6. The number of hydrogen-bond acceptors (Lipinski definition) is 7. The van der Waals surface area contributed by atoms with Crippen LogP contribution in [0, 0.1) is 6.92 Å². The third kappa shape index (κ3) is 5.00. The Morgan fingerprint density at radius 3 is 2.26 bits per heavy atom. The van der Waals surface area contributed by atoms with Gasteiger partial charge in [-0.15, -0.1) is 11.3 Å². The summed E-state index contributed by atoms with van der Waals surface area (Å²) in [6, 6.07) is 17.2. The number of methoxy groups -OCH3 is 1. The molecule has 0 unspecified atom stereocenters. The molecule has 0 aliphatic rings. The van der Waals surface area contributed by atoms with Gasteiger partial charge in [0.25, 0.3) is 0 Å². The van der Waals surface area contributed by atoms with Gasteiger partial charge >= 0.3 is 5.97 Å². The molecule has 0 radical (unpaired) electrons. The summed E-state index contributed by atoms with van der Waals surface area (Å²) in [6.07, 6.45) is 0. The number of benzene rings is 3. The molecule has 6 nitrogen and oxygen atoms in total. The number of carbonyl (C=O) groups is 1. The van der Waals surface area contributed by atoms with Crippen LogP contribution < -0.4 is 9.47 Å². The zero-order valence-corrected chi connectivity index (χ0v) is 20.9. The van der Waals surface area contributed by atoms with E-state index in [9.17, 15) is 9.90 Å². The fourth-order valence-electron chi connectivity index (χ4n) is 3.83. The number of aryl methyl sites for hydroxylation is 1. The number of aromatic nitrogens is 1. The lowest BCUT2D eigenvalue weighted by Crippen LogP contribution is -2.04. The van der Waals surface area contributed by atoms with E-state index >= 15 is 0 Å². The van der Waals surface area contributed by atoms with Crippen molar-refractivity contribution in [1.29, 1.82) is 0 Å². The van der Waals surface area contributed by atoms with Crippen molar-refractivity contribution in [3.8, 4) is 50.2 Å². The van der Waals surface area contributed by atoms with Crippen LogP contribution in [0.25, 0.3) is 33.0 Å². The monoisotopic (exact) mass is 489 g/mol. The SMILES string of the molecule is CCOc1ccc(-c2nc(-c3ccc(-c4ccc(C)c(C(=O)OC)c4O)cc3)cs2)cc1OCC. The zero-order valence-electron chi connectivity index (χ0n) is 20.1. The van der Waals surface area contributed by atoms with Gasteiger partial charge in [-0.2, -0.15) is 0 Å². The Labute approximate surface area is 208 Å². The fraction of sp³-hybridized carbons (Fsp3) is 0.214. The number of esters is 1. The van der Waals surface area contributed by atoms with Gasteiger partial charge in [-0.3, -0.25) is 0 Å². The summed E-state index contributed by atoms with van der Waals surface area (Å²) in [7, 11) is 1.30. The second-order valence-corrected chi connectivity index (χ2v) is 8.65. The molecule has 180 valence electrons. The number of ether oxygens (including phenoxy) is 3. The summed E-state index contributed by atoms with van der Waals surface area (Å²) in [5.41, 5.74) is 4.97. The van der Waals surface area contributed by atoms with E-state index in [4.69, 9.17) is 19.2 Å². The Morgan fingerprint density at radius 2 is 1.57 bits per heavy atom. The number of aromatic hydroxyl groups is 1. The summed E-state index contributed by atoms with van der Waals surface area (Å²) in [4.78, 5) is 16.9. The number of phenolic OH excluding ortho intramolecular Hbond substituents is 1. The number of phenols is 1. The molecule has 4 aromatic rings. The first kappa shape index (κ1) is 24.3. The summed E-state index contributed by atoms with van der Waals surface area (Å²) in [6.45, 7) is 6.78. The minimum atomic E-state index is -0.560. The molecule has 0 atom stereocenters. The van der Waals surface area contributed by atoms with Crippen molar-refractivity contribution in [3.05, 3.63) is 71.1 Å². The lowest BCUT2D eigenvalue weighted by molar-refractivity contribution is 0.0596. The highest BCUT2D eigenvalue weighted by atomic mass is 32.1. The molecule has 3 aromatic carbocycles. The first-order valence-electron chi connectivity index (χ1n) is 11.3. The predicted molar refractivity (Wildman–Crippen MR) is 139 cm³/mol. The Balaban J connectivity index is 1.61. The largest absolute Gasteiger partial charge is 0.506 e. The number of nitrogens with zero attached hydrogens (tertiary/aromatic N) is 1. The smallest absolute Gasteiger partial charge is 0.341 e. The maximum atomic E-state index is 12.1. The van der Waals surface area contributed by atoms with Gasteiger partial charge in [-0.1, -0.05) is 36.4 Å². The van der Waals surface area contributed by atoms with Crippen molar-refractivity contribution in [1.82, 2.24) is 4.98 Å². The number of hydrogen-bond donors (Lipinski definition) is 1. The van der Waals surface area contributed by atoms with Crippen LogP contribution in [0.1, 0.15) is 29.8 Å². The fourth-order valence-corrected chi connectivity index (χ4v) is 4.65. The predicted octanol–water partition coefficient (Wildman–Crippen LogP) is 6.74. The van der Waals surface area contributed by atoms with E-state index in [-0.39, 0.29) is 11.3 Å². The average molecular weight is 490 g/mol. The molecule has 4 rings (SSSR count). The third-order valence-electron chi connectivity index (χ3n) is 5.56. The Hall–Kier alpha value is -3.84. The van der Waals surface area contributed by atoms with Crippen LogP contribution in [0.3, 0.4) is 0 Å². The standard InChI is InChI=1S/C28H27NO5S/c1-5-33-23-14-12-20(15-24(23)34-6-2)27-29-22(16-35-27)19-10-8-18(9-11-19)21-13-7-17(3)25(26(21)30)28(31)32-4/h7-16,30H,5-6H2,1-4H3. The van der Waals surface area contributed by atoms with Gasteiger partial charge in [-0.05, 0) is 50.1 Å². The van der Waals surface area contributed by atoms with E-state index in [1.807, 2.05) is 61.7 Å². The molecular formula is C28H27NO5S. The average Bonchev–Trinajstić information content (AvgIpc) is 3.36. The van der Waals surface area contributed by atoms with Crippen LogP contribution >= 0.6 is 11.3 Å². The summed E-state index contributed by atoms with van der Waals surface area (Å²) in [5.74, 6) is 0.786. The van der Waals surface area contributed by atoms with Crippen molar-refractivity contribution >= 4 is 17.3 Å². The van der Waals surface area contributed by atoms with E-state index in [1.54, 1.807) is 30.4 Å². The van der Waals surface area contributed by atoms with Crippen LogP contribution in [0.5, 0.6) is 17.2 Å². The van der Waals surface area contributed by atoms with Gasteiger partial charge in [0.15, 0.2) is 11.5 Å². The Bertz CT molecular complexity index is 1340. The first-order valence-corrected chi connectivity index (χ1v) is 12.2. The third-order valence-corrected chi connectivity index (χ3v) is 6.45. The van der Waals surface area contributed by atoms with Crippen molar-refractivity contribution in [2.75, 3.05) is 20.3 Å². The molecule has 0 saturated heterocycles. The van der Waals surface area contributed by atoms with Gasteiger partial charge in [-0.25, -0.2) is 9.78 Å². The van der Waals surface area contributed by atoms with Gasteiger partial charge < -0.3 is 19.3 Å². The van der Waals surface area contributed by atoms with Crippen LogP contribution in [0.4, 0.5) is 0 Å². The molecule has 0 amide bonds. The lowest BCUT2D eigenvalue weighted by atomic mass is 9.97. The van der Waals surface area contributed by atoms with Gasteiger partial charge in [0.2, 0.25) is 0 Å². The molecule has 0 aliphatic carbocycles. The summed E-state index contributed by atoms with van der Waals surface area (Å²) >= 11 is 1.56. The Kier molecular flexibility index (Phi) is 7.36. The van der Waals surface area contributed by atoms with E-state index in [0.717, 1.165) is 33.1 Å². The summed E-state index contributed by atoms with van der Waals surface area (Å²) < 4.78 is 16.2. The van der Waals surface area contributed by atoms with Crippen LogP contribution in [0.15, 0.2) is 60.0 Å². The van der Waals surface area contributed by atoms with Gasteiger partial charge in [0.05, 0.1) is 26.0 Å². The van der Waals surface area contributed by atoms with Crippen molar-refractivity contribution in [3.63, 3.8) is 0 Å². The van der Waals surface area contributed by atoms with E-state index < -0.39 is 5.97 Å². The minimum Gasteiger partial charge on any atom is -0.506 e. The van der Waals surface area contributed by atoms with Gasteiger partial charge in [0.1, 0.15) is 16.3 Å². The molecule has 7 heteroatoms. The topological polar surface area (TPSA) is 77.9 Å². The second-order valence-electron chi connectivity index (χ2n) is 7.79. The van der Waals surface area contributed by atoms with E-state index in [1.165, 1.54) is 7.11 Å². The molecule has 0 spiro atoms. The molecule has 35 heavy (non-hydrogen) atoms. The van der Waals surface area contributed by atoms with Crippen LogP contribution in [-0.2, 0) is 4.74 Å². The maximum absolute atomic E-state index is 12.1. The van der Waals surface area contributed by atoms with E-state index in [0.29, 0.717) is 30.1 Å². The van der Waals surface area contributed by atoms with Crippen LogP contribution in [-0.4, -0.2) is 36.4 Å². The lowest BCUT2D eigenvalue weighted by Gasteiger charge is -2.12. The van der Waals surface area contributed by atoms with Crippen molar-refractivity contribution in [2.45, 2.75) is 20.8 Å². The zero-order chi connectivity index (χ0) is 24.9. The highest BCUT2D eigenvalue weighted by Crippen LogP contribution is 2.37. The molecule has 1 N–H and O–H groups in total. The van der Waals surface area contributed by atoms with Crippen molar-refractivity contribution in [2.24, 2.45) is 0 Å². The van der Waals surface area contributed by atoms with Crippen molar-refractivity contribution < 1.29 is 24.1 Å². The highest BCUT2D eigenvalue weighted by Gasteiger charge is 2.19. The first-order chi connectivity index (χ1) is 17.0. The number of carbonyl (C=O) groups excluding carboxylic acids is 1. The minimum absolute atomic E-state index is 0.0823. The summed E-state index contributed by atoms with van der Waals surface area (Å²) in [5, 5.41) is 13.6. The quantitative estimate of drug-likeness (QED) is 0.276. The Morgan fingerprint density at radius 1 is 0.914 bits per heavy atom. The number of rotatable bonds is 8. The van der Waals surface area contributed by atoms with Crippen LogP contribution in [0.2, 0.25) is 0 Å². The molecule has 0 fully saturated rings. The highest BCUT2D eigenvalue weighted by molar-refractivity contribution is 7.13. The normalized spacial score (nSPS) is 10.7. The molecule has 0 aliphatic heterocycles. The maximum Gasteiger partial charge on any atom is 0.341 e. The van der Waals surface area contributed by atoms with Gasteiger partial charge in [0, 0.05) is 22.1 Å². The number of thiazole rings is 1.